The van der Waals surface area contributed by atoms with E-state index < -0.39 is 0 Å². The third-order valence-corrected chi connectivity index (χ3v) is 4.50. The first-order valence-electron chi connectivity index (χ1n) is 6.57. The fourth-order valence-electron chi connectivity index (χ4n) is 1.76. The second-order valence-corrected chi connectivity index (χ2v) is 6.18. The third kappa shape index (κ3) is 4.76. The summed E-state index contributed by atoms with van der Waals surface area (Å²) >= 11 is 7.33. The summed E-state index contributed by atoms with van der Waals surface area (Å²) < 4.78 is 12.8. The molecule has 0 radical (unpaired) electrons. The summed E-state index contributed by atoms with van der Waals surface area (Å²) in [5, 5.41) is 3.26. The van der Waals surface area contributed by atoms with Gasteiger partial charge < -0.3 is 5.32 Å². The Bertz CT molecular complexity index is 601. The fraction of sp³-hybridized carbons (Fsp3) is 0.188. The normalized spacial score (nSPS) is 12.0. The van der Waals surface area contributed by atoms with Crippen LogP contribution < -0.4 is 5.32 Å². The maximum atomic E-state index is 12.8. The molecule has 110 valence electrons. The first-order chi connectivity index (χ1) is 10.1. The molecule has 0 aliphatic rings. The summed E-state index contributed by atoms with van der Waals surface area (Å²) in [6.07, 6.45) is 0.695. The molecule has 0 saturated carbocycles. The highest BCUT2D eigenvalue weighted by Crippen LogP contribution is 2.27. The molecule has 0 aliphatic heterocycles. The second kappa shape index (κ2) is 7.48. The monoisotopic (exact) mass is 323 g/mol. The van der Waals surface area contributed by atoms with Crippen molar-refractivity contribution in [1.82, 2.24) is 0 Å². The van der Waals surface area contributed by atoms with Crippen molar-refractivity contribution in [3.63, 3.8) is 0 Å². The van der Waals surface area contributed by atoms with E-state index in [0.29, 0.717) is 17.1 Å². The molecular formula is C16H15ClFNOS. The molecule has 0 bridgehead atoms. The van der Waals surface area contributed by atoms with Crippen molar-refractivity contribution in [2.45, 2.75) is 23.5 Å². The smallest absolute Gasteiger partial charge is 0.237 e. The molecule has 2 rings (SSSR count). The van der Waals surface area contributed by atoms with Crippen LogP contribution >= 0.6 is 23.4 Å². The van der Waals surface area contributed by atoms with E-state index in [9.17, 15) is 9.18 Å². The van der Waals surface area contributed by atoms with E-state index in [1.54, 1.807) is 24.3 Å². The second-order valence-electron chi connectivity index (χ2n) is 4.46. The Hall–Kier alpha value is -1.52. The molecule has 0 spiro atoms. The summed E-state index contributed by atoms with van der Waals surface area (Å²) in [4.78, 5) is 13.2. The highest BCUT2D eigenvalue weighted by Gasteiger charge is 2.18. The number of halogens is 2. The minimum absolute atomic E-state index is 0.0935. The lowest BCUT2D eigenvalue weighted by Gasteiger charge is -2.14. The first kappa shape index (κ1) is 15.9. The largest absolute Gasteiger partial charge is 0.325 e. The zero-order valence-electron chi connectivity index (χ0n) is 11.5. The van der Waals surface area contributed by atoms with Crippen LogP contribution in [0.2, 0.25) is 5.02 Å². The zero-order chi connectivity index (χ0) is 15.2. The fourth-order valence-corrected chi connectivity index (χ4v) is 2.84. The number of anilines is 1. The van der Waals surface area contributed by atoms with E-state index in [4.69, 9.17) is 11.6 Å². The Morgan fingerprint density at radius 1 is 1.19 bits per heavy atom. The van der Waals surface area contributed by atoms with Crippen LogP contribution in [0.5, 0.6) is 0 Å². The summed E-state index contributed by atoms with van der Waals surface area (Å²) in [6, 6.07) is 13.1. The lowest BCUT2D eigenvalue weighted by Crippen LogP contribution is -2.24. The van der Waals surface area contributed by atoms with Crippen LogP contribution in [-0.2, 0) is 4.79 Å². The molecule has 1 atom stereocenters. The van der Waals surface area contributed by atoms with Crippen molar-refractivity contribution >= 4 is 35.0 Å². The number of benzene rings is 2. The van der Waals surface area contributed by atoms with Crippen LogP contribution in [0.3, 0.4) is 0 Å². The molecule has 0 unspecified atom stereocenters. The van der Waals surface area contributed by atoms with E-state index >= 15 is 0 Å². The highest BCUT2D eigenvalue weighted by atomic mass is 35.5. The minimum Gasteiger partial charge on any atom is -0.325 e. The quantitative estimate of drug-likeness (QED) is 0.785. The standard InChI is InChI=1S/C16H15ClFNOS/c1-2-15(21-14-9-3-11(17)4-10-14)16(20)19-13-7-5-12(18)6-8-13/h3-10,15H,2H2,1H3,(H,19,20)/t15-/m1/s1. The van der Waals surface area contributed by atoms with E-state index in [-0.39, 0.29) is 17.0 Å². The third-order valence-electron chi connectivity index (χ3n) is 2.87. The average Bonchev–Trinajstić information content (AvgIpc) is 2.49. The molecule has 2 nitrogen and oxygen atoms in total. The lowest BCUT2D eigenvalue weighted by atomic mass is 10.2. The molecule has 0 aromatic heterocycles. The van der Waals surface area contributed by atoms with Crippen molar-refractivity contribution in [3.8, 4) is 0 Å². The Balaban J connectivity index is 2.01. The van der Waals surface area contributed by atoms with Crippen molar-refractivity contribution in [1.29, 1.82) is 0 Å². The lowest BCUT2D eigenvalue weighted by molar-refractivity contribution is -0.115. The van der Waals surface area contributed by atoms with Crippen molar-refractivity contribution in [3.05, 3.63) is 59.4 Å². The van der Waals surface area contributed by atoms with Crippen LogP contribution in [0.15, 0.2) is 53.4 Å². The SMILES string of the molecule is CC[C@@H](Sc1ccc(Cl)cc1)C(=O)Nc1ccc(F)cc1. The topological polar surface area (TPSA) is 29.1 Å². The van der Waals surface area contributed by atoms with Gasteiger partial charge in [-0.25, -0.2) is 4.39 Å². The van der Waals surface area contributed by atoms with Crippen molar-refractivity contribution < 1.29 is 9.18 Å². The number of carbonyl (C=O) groups excluding carboxylic acids is 1. The van der Waals surface area contributed by atoms with Crippen LogP contribution in [0.4, 0.5) is 10.1 Å². The van der Waals surface area contributed by atoms with Gasteiger partial charge >= 0.3 is 0 Å². The van der Waals surface area contributed by atoms with Gasteiger partial charge in [0.25, 0.3) is 0 Å². The van der Waals surface area contributed by atoms with Gasteiger partial charge in [-0.05, 0) is 55.0 Å². The Kier molecular flexibility index (Phi) is 5.65. The Morgan fingerprint density at radius 2 is 1.81 bits per heavy atom. The zero-order valence-corrected chi connectivity index (χ0v) is 13.0. The number of hydrogen-bond donors (Lipinski definition) is 1. The van der Waals surface area contributed by atoms with E-state index in [0.717, 1.165) is 4.90 Å². The molecule has 1 amide bonds. The number of carbonyl (C=O) groups is 1. The summed E-state index contributed by atoms with van der Waals surface area (Å²) in [5.74, 6) is -0.417. The Morgan fingerprint density at radius 3 is 2.38 bits per heavy atom. The van der Waals surface area contributed by atoms with Gasteiger partial charge in [0.15, 0.2) is 0 Å². The van der Waals surface area contributed by atoms with Gasteiger partial charge in [-0.3, -0.25) is 4.79 Å². The van der Waals surface area contributed by atoms with Crippen LogP contribution in [0.1, 0.15) is 13.3 Å². The molecular weight excluding hydrogens is 309 g/mol. The minimum atomic E-state index is -0.324. The molecule has 21 heavy (non-hydrogen) atoms. The van der Waals surface area contributed by atoms with Gasteiger partial charge in [-0.1, -0.05) is 18.5 Å². The molecule has 5 heteroatoms. The van der Waals surface area contributed by atoms with Crippen molar-refractivity contribution in [2.75, 3.05) is 5.32 Å². The highest BCUT2D eigenvalue weighted by molar-refractivity contribution is 8.00. The number of hydrogen-bond acceptors (Lipinski definition) is 2. The molecule has 0 fully saturated rings. The molecule has 0 saturated heterocycles. The van der Waals surface area contributed by atoms with Gasteiger partial charge in [0.1, 0.15) is 5.82 Å². The van der Waals surface area contributed by atoms with E-state index in [1.807, 2.05) is 19.1 Å². The molecule has 1 N–H and O–H groups in total. The molecule has 0 aliphatic carbocycles. The average molecular weight is 324 g/mol. The van der Waals surface area contributed by atoms with Gasteiger partial charge in [0.05, 0.1) is 5.25 Å². The first-order valence-corrected chi connectivity index (χ1v) is 7.83. The molecule has 2 aromatic carbocycles. The number of nitrogens with one attached hydrogen (secondary N) is 1. The van der Waals surface area contributed by atoms with Gasteiger partial charge in [-0.15, -0.1) is 11.8 Å². The Labute approximate surface area is 132 Å². The number of thioether (sulfide) groups is 1. The maximum Gasteiger partial charge on any atom is 0.237 e. The predicted molar refractivity (Wildman–Crippen MR) is 86.4 cm³/mol. The predicted octanol–water partition coefficient (Wildman–Crippen LogP) is 4.99. The van der Waals surface area contributed by atoms with Gasteiger partial charge in [0, 0.05) is 15.6 Å². The van der Waals surface area contributed by atoms with Crippen LogP contribution in [0.25, 0.3) is 0 Å². The molecule has 2 aromatic rings. The number of rotatable bonds is 5. The summed E-state index contributed by atoms with van der Waals surface area (Å²) in [5.41, 5.74) is 0.594. The summed E-state index contributed by atoms with van der Waals surface area (Å²) in [7, 11) is 0. The molecule has 0 heterocycles. The van der Waals surface area contributed by atoms with E-state index in [1.165, 1.54) is 23.9 Å². The van der Waals surface area contributed by atoms with Gasteiger partial charge in [-0.2, -0.15) is 0 Å². The van der Waals surface area contributed by atoms with Crippen LogP contribution in [-0.4, -0.2) is 11.2 Å². The number of amides is 1. The van der Waals surface area contributed by atoms with Gasteiger partial charge in [0.2, 0.25) is 5.91 Å². The van der Waals surface area contributed by atoms with E-state index in [2.05, 4.69) is 5.32 Å². The maximum absolute atomic E-state index is 12.8. The van der Waals surface area contributed by atoms with Crippen LogP contribution in [0, 0.1) is 5.82 Å². The van der Waals surface area contributed by atoms with Crippen molar-refractivity contribution in [2.24, 2.45) is 0 Å². The summed E-state index contributed by atoms with van der Waals surface area (Å²) in [6.45, 7) is 1.96.